The van der Waals surface area contributed by atoms with Crippen molar-refractivity contribution in [3.8, 4) is 0 Å². The van der Waals surface area contributed by atoms with Gasteiger partial charge in [-0.25, -0.2) is 8.42 Å². The summed E-state index contributed by atoms with van der Waals surface area (Å²) >= 11 is 0. The van der Waals surface area contributed by atoms with Crippen LogP contribution in [-0.2, 0) is 21.1 Å². The van der Waals surface area contributed by atoms with E-state index in [9.17, 15) is 8.42 Å². The molecule has 0 radical (unpaired) electrons. The van der Waals surface area contributed by atoms with E-state index < -0.39 is 14.6 Å². The molecule has 21 heavy (non-hydrogen) atoms. The molecule has 1 N–H and O–H groups in total. The van der Waals surface area contributed by atoms with E-state index in [0.29, 0.717) is 39.1 Å². The van der Waals surface area contributed by atoms with Crippen LogP contribution in [-0.4, -0.2) is 39.2 Å². The van der Waals surface area contributed by atoms with Gasteiger partial charge in [-0.1, -0.05) is 18.2 Å². The molecule has 1 aliphatic heterocycles. The molecule has 0 aromatic heterocycles. The number of hydrogen-bond acceptors (Lipinski definition) is 4. The Kier molecular flexibility index (Phi) is 5.07. The van der Waals surface area contributed by atoms with E-state index in [1.807, 2.05) is 6.07 Å². The summed E-state index contributed by atoms with van der Waals surface area (Å²) in [6.45, 7) is 6.42. The molecule has 1 fully saturated rings. The Morgan fingerprint density at radius 1 is 1.19 bits per heavy atom. The van der Waals surface area contributed by atoms with Gasteiger partial charge in [0.15, 0.2) is 9.84 Å². The first-order valence-corrected chi connectivity index (χ1v) is 9.28. The van der Waals surface area contributed by atoms with Crippen molar-refractivity contribution in [2.24, 2.45) is 0 Å². The number of aryl methyl sites for hydroxylation is 2. The Hall–Kier alpha value is -0.910. The first kappa shape index (κ1) is 16.5. The molecule has 0 bridgehead atoms. The summed E-state index contributed by atoms with van der Waals surface area (Å²) in [6, 6.07) is 6.22. The molecular weight excluding hydrogens is 286 g/mol. The highest BCUT2D eigenvalue weighted by molar-refractivity contribution is 7.92. The fourth-order valence-electron chi connectivity index (χ4n) is 2.97. The zero-order valence-electron chi connectivity index (χ0n) is 13.1. The van der Waals surface area contributed by atoms with Crippen LogP contribution in [0.2, 0.25) is 0 Å². The van der Waals surface area contributed by atoms with Gasteiger partial charge in [-0.15, -0.1) is 0 Å². The fourth-order valence-corrected chi connectivity index (χ4v) is 4.24. The van der Waals surface area contributed by atoms with Crippen molar-refractivity contribution in [1.82, 2.24) is 5.32 Å². The number of hydrogen-bond donors (Lipinski definition) is 1. The molecule has 2 rings (SSSR count). The maximum atomic E-state index is 12.2. The predicted octanol–water partition coefficient (Wildman–Crippen LogP) is 1.99. The van der Waals surface area contributed by atoms with Crippen LogP contribution in [0, 0.1) is 13.8 Å². The molecule has 0 saturated carbocycles. The molecule has 0 atom stereocenters. The van der Waals surface area contributed by atoms with E-state index in [1.54, 1.807) is 0 Å². The number of benzene rings is 1. The van der Waals surface area contributed by atoms with Crippen molar-refractivity contribution in [3.05, 3.63) is 34.9 Å². The van der Waals surface area contributed by atoms with Gasteiger partial charge in [-0.3, -0.25) is 0 Å². The number of nitrogens with one attached hydrogen (secondary N) is 1. The van der Waals surface area contributed by atoms with Crippen LogP contribution in [0.5, 0.6) is 0 Å². The first-order chi connectivity index (χ1) is 9.86. The van der Waals surface area contributed by atoms with Crippen molar-refractivity contribution in [2.75, 3.05) is 26.0 Å². The minimum atomic E-state index is -3.10. The van der Waals surface area contributed by atoms with Gasteiger partial charge in [0.25, 0.3) is 0 Å². The molecule has 118 valence electrons. The molecule has 1 aromatic rings. The van der Waals surface area contributed by atoms with Crippen LogP contribution >= 0.6 is 0 Å². The minimum absolute atomic E-state index is 0.489. The predicted molar refractivity (Wildman–Crippen MR) is 85.3 cm³/mol. The Balaban J connectivity index is 2.07. The van der Waals surface area contributed by atoms with Crippen LogP contribution < -0.4 is 5.32 Å². The third-order valence-electron chi connectivity index (χ3n) is 4.58. The molecule has 1 aromatic carbocycles. The van der Waals surface area contributed by atoms with E-state index in [2.05, 4.69) is 31.3 Å². The third-order valence-corrected chi connectivity index (χ3v) is 6.71. The fraction of sp³-hybridized carbons (Fsp3) is 0.625. The molecular formula is C16H25NO3S. The van der Waals surface area contributed by atoms with Gasteiger partial charge in [0.2, 0.25) is 0 Å². The zero-order chi connectivity index (χ0) is 15.5. The van der Waals surface area contributed by atoms with Gasteiger partial charge in [0, 0.05) is 32.6 Å². The lowest BCUT2D eigenvalue weighted by molar-refractivity contribution is 0.0744. The van der Waals surface area contributed by atoms with Gasteiger partial charge in [-0.05, 0) is 43.4 Å². The maximum Gasteiger partial charge on any atom is 0.154 e. The lowest BCUT2D eigenvalue weighted by atomic mass is 9.98. The molecule has 5 heteroatoms. The van der Waals surface area contributed by atoms with Crippen LogP contribution in [0.15, 0.2) is 18.2 Å². The zero-order valence-corrected chi connectivity index (χ0v) is 13.9. The third kappa shape index (κ3) is 3.65. The summed E-state index contributed by atoms with van der Waals surface area (Å²) in [5.74, 6) is 0. The van der Waals surface area contributed by atoms with E-state index in [1.165, 1.54) is 22.9 Å². The monoisotopic (exact) mass is 311 g/mol. The molecule has 0 spiro atoms. The Morgan fingerprint density at radius 3 is 2.29 bits per heavy atom. The van der Waals surface area contributed by atoms with Crippen molar-refractivity contribution in [2.45, 2.75) is 38.0 Å². The number of sulfone groups is 1. The number of rotatable bonds is 5. The summed E-state index contributed by atoms with van der Waals surface area (Å²) in [6.07, 6.45) is 2.50. The standard InChI is InChI=1S/C16H25NO3S/c1-13-5-4-6-14(2)15(13)11-17-12-16(21(3,18)19)7-9-20-10-8-16/h4-6,17H,7-12H2,1-3H3. The van der Waals surface area contributed by atoms with Crippen molar-refractivity contribution >= 4 is 9.84 Å². The molecule has 0 aliphatic carbocycles. The van der Waals surface area contributed by atoms with Crippen molar-refractivity contribution in [3.63, 3.8) is 0 Å². The summed E-state index contributed by atoms with van der Waals surface area (Å²) in [5, 5.41) is 3.37. The van der Waals surface area contributed by atoms with Gasteiger partial charge in [0.05, 0.1) is 4.75 Å². The molecule has 4 nitrogen and oxygen atoms in total. The van der Waals surface area contributed by atoms with E-state index in [0.717, 1.165) is 0 Å². The summed E-state index contributed by atoms with van der Waals surface area (Å²) < 4.78 is 29.0. The second kappa shape index (κ2) is 6.46. The number of ether oxygens (including phenoxy) is 1. The van der Waals surface area contributed by atoms with Crippen LogP contribution in [0.3, 0.4) is 0 Å². The Bertz CT molecular complexity index is 569. The first-order valence-electron chi connectivity index (χ1n) is 7.39. The summed E-state index contributed by atoms with van der Waals surface area (Å²) in [5.41, 5.74) is 3.74. The normalized spacial score (nSPS) is 18.6. The SMILES string of the molecule is Cc1cccc(C)c1CNCC1(S(C)(=O)=O)CCOCC1. The highest BCUT2D eigenvalue weighted by Crippen LogP contribution is 2.28. The van der Waals surface area contributed by atoms with E-state index >= 15 is 0 Å². The van der Waals surface area contributed by atoms with Crippen molar-refractivity contribution in [1.29, 1.82) is 0 Å². The van der Waals surface area contributed by atoms with Crippen LogP contribution in [0.4, 0.5) is 0 Å². The average Bonchev–Trinajstić information content (AvgIpc) is 2.42. The Labute approximate surface area is 127 Å². The smallest absolute Gasteiger partial charge is 0.154 e. The highest BCUT2D eigenvalue weighted by Gasteiger charge is 2.41. The second-order valence-electron chi connectivity index (χ2n) is 6.04. The Morgan fingerprint density at radius 2 is 1.76 bits per heavy atom. The average molecular weight is 311 g/mol. The largest absolute Gasteiger partial charge is 0.381 e. The molecule has 1 aliphatic rings. The van der Waals surface area contributed by atoms with Crippen LogP contribution in [0.25, 0.3) is 0 Å². The van der Waals surface area contributed by atoms with Gasteiger partial charge in [-0.2, -0.15) is 0 Å². The van der Waals surface area contributed by atoms with Gasteiger partial charge < -0.3 is 10.1 Å². The van der Waals surface area contributed by atoms with E-state index in [-0.39, 0.29) is 0 Å². The molecule has 0 unspecified atom stereocenters. The maximum absolute atomic E-state index is 12.2. The summed E-state index contributed by atoms with van der Waals surface area (Å²) in [4.78, 5) is 0. The lowest BCUT2D eigenvalue weighted by Gasteiger charge is -2.35. The molecule has 1 saturated heterocycles. The van der Waals surface area contributed by atoms with Crippen molar-refractivity contribution < 1.29 is 13.2 Å². The van der Waals surface area contributed by atoms with Crippen LogP contribution in [0.1, 0.15) is 29.5 Å². The minimum Gasteiger partial charge on any atom is -0.381 e. The quantitative estimate of drug-likeness (QED) is 0.903. The molecule has 1 heterocycles. The second-order valence-corrected chi connectivity index (χ2v) is 8.45. The highest BCUT2D eigenvalue weighted by atomic mass is 32.2. The summed E-state index contributed by atoms with van der Waals surface area (Å²) in [7, 11) is -3.10. The molecule has 0 amide bonds. The van der Waals surface area contributed by atoms with E-state index in [4.69, 9.17) is 4.74 Å². The van der Waals surface area contributed by atoms with Gasteiger partial charge >= 0.3 is 0 Å². The topological polar surface area (TPSA) is 55.4 Å². The lowest BCUT2D eigenvalue weighted by Crippen LogP contribution is -2.50. The van der Waals surface area contributed by atoms with Gasteiger partial charge in [0.1, 0.15) is 0 Å².